The molecule has 2 N–H and O–H groups in total. The molecule has 0 fully saturated rings. The average Bonchev–Trinajstić information content (AvgIpc) is 2.26. The van der Waals surface area contributed by atoms with E-state index in [0.717, 1.165) is 0 Å². The third-order valence-corrected chi connectivity index (χ3v) is 3.12. The first-order valence-corrected chi connectivity index (χ1v) is 5.91. The summed E-state index contributed by atoms with van der Waals surface area (Å²) in [7, 11) is -4.14. The minimum absolute atomic E-state index is 0.335. The molecule has 1 aromatic heterocycles. The summed E-state index contributed by atoms with van der Waals surface area (Å²) in [4.78, 5) is 14.3. The van der Waals surface area contributed by atoms with Gasteiger partial charge in [0, 0.05) is 6.20 Å². The lowest BCUT2D eigenvalue weighted by molar-refractivity contribution is 0.265. The van der Waals surface area contributed by atoms with Gasteiger partial charge in [-0.25, -0.2) is 13.4 Å². The molecule has 0 unspecified atom stereocenters. The molecule has 1 rings (SSSR count). The van der Waals surface area contributed by atoms with Crippen molar-refractivity contribution in [3.63, 3.8) is 0 Å². The highest BCUT2D eigenvalue weighted by Crippen LogP contribution is 2.12. The van der Waals surface area contributed by atoms with Crippen LogP contribution in [0.1, 0.15) is 12.0 Å². The Balaban J connectivity index is 3.08. The van der Waals surface area contributed by atoms with Gasteiger partial charge in [0.25, 0.3) is 9.84 Å². The molecule has 1 heterocycles. The first-order chi connectivity index (χ1) is 7.48. The molecule has 0 aliphatic heterocycles. The zero-order valence-electron chi connectivity index (χ0n) is 8.46. The number of aromatic nitrogens is 1. The molecule has 0 aromatic carbocycles. The third kappa shape index (κ3) is 2.66. The Morgan fingerprint density at radius 1 is 1.56 bits per heavy atom. The molecule has 0 aliphatic rings. The molecular weight excluding hydrogens is 228 g/mol. The van der Waals surface area contributed by atoms with Gasteiger partial charge in [-0.1, -0.05) is 6.08 Å². The predicted molar refractivity (Wildman–Crippen MR) is 59.2 cm³/mol. The summed E-state index contributed by atoms with van der Waals surface area (Å²) in [5, 5.41) is -1.74. The molecule has 1 amide bonds. The van der Waals surface area contributed by atoms with Gasteiger partial charge >= 0.3 is 5.24 Å². The van der Waals surface area contributed by atoms with Crippen LogP contribution < -0.4 is 5.73 Å². The highest BCUT2D eigenvalue weighted by Gasteiger charge is 2.23. The first-order valence-electron chi connectivity index (χ1n) is 4.43. The van der Waals surface area contributed by atoms with Gasteiger partial charge in [0.2, 0.25) is 0 Å². The second-order valence-electron chi connectivity index (χ2n) is 2.98. The number of sulfone groups is 1. The number of hydrogen-bond donors (Lipinski definition) is 1. The number of rotatable bonds is 4. The van der Waals surface area contributed by atoms with Crippen LogP contribution in [0.25, 0.3) is 0 Å². The van der Waals surface area contributed by atoms with Crippen molar-refractivity contribution in [1.29, 1.82) is 0 Å². The van der Waals surface area contributed by atoms with Gasteiger partial charge in [-0.05, 0) is 30.5 Å². The molecular formula is C10H11N2O3S. The highest BCUT2D eigenvalue weighted by molar-refractivity contribution is 8.05. The summed E-state index contributed by atoms with van der Waals surface area (Å²) >= 11 is 0. The van der Waals surface area contributed by atoms with Crippen molar-refractivity contribution in [2.24, 2.45) is 5.73 Å². The number of amides is 1. The van der Waals surface area contributed by atoms with Gasteiger partial charge in [0.15, 0.2) is 5.03 Å². The second kappa shape index (κ2) is 4.89. The van der Waals surface area contributed by atoms with Gasteiger partial charge in [-0.2, -0.15) is 0 Å². The number of nitrogens with two attached hydrogens (primary N) is 1. The van der Waals surface area contributed by atoms with Crippen molar-refractivity contribution in [3.05, 3.63) is 43.0 Å². The maximum atomic E-state index is 11.4. The number of carbonyl (C=O) groups is 1. The van der Waals surface area contributed by atoms with Crippen molar-refractivity contribution in [2.75, 3.05) is 0 Å². The zero-order valence-corrected chi connectivity index (χ0v) is 9.28. The Hall–Kier alpha value is -1.69. The fourth-order valence-corrected chi connectivity index (χ4v) is 1.72. The molecule has 0 atom stereocenters. The Morgan fingerprint density at radius 3 is 2.81 bits per heavy atom. The molecule has 0 saturated heterocycles. The number of allylic oxidation sites excluding steroid dienone is 1. The summed E-state index contributed by atoms with van der Waals surface area (Å²) in [6.45, 7) is 3.54. The third-order valence-electron chi connectivity index (χ3n) is 1.82. The van der Waals surface area contributed by atoms with Crippen LogP contribution in [0.4, 0.5) is 4.79 Å². The smallest absolute Gasteiger partial charge is 0.340 e. The average molecular weight is 239 g/mol. The largest absolute Gasteiger partial charge is 0.356 e. The van der Waals surface area contributed by atoms with Crippen molar-refractivity contribution in [1.82, 2.24) is 4.98 Å². The summed E-state index contributed by atoms with van der Waals surface area (Å²) in [5.74, 6) is 0. The summed E-state index contributed by atoms with van der Waals surface area (Å²) < 4.78 is 22.8. The van der Waals surface area contributed by atoms with E-state index < -0.39 is 15.1 Å². The number of nitrogens with zero attached hydrogens (tertiary/aromatic N) is 1. The number of hydrogen-bond acceptors (Lipinski definition) is 4. The summed E-state index contributed by atoms with van der Waals surface area (Å²) in [6.07, 6.45) is 5.34. The lowest BCUT2D eigenvalue weighted by Crippen LogP contribution is -2.22. The fourth-order valence-electron chi connectivity index (χ4n) is 1.02. The van der Waals surface area contributed by atoms with Crippen molar-refractivity contribution < 1.29 is 13.2 Å². The minimum Gasteiger partial charge on any atom is -0.356 e. The van der Waals surface area contributed by atoms with Crippen LogP contribution >= 0.6 is 0 Å². The van der Waals surface area contributed by atoms with Gasteiger partial charge in [0.05, 0.1) is 0 Å². The van der Waals surface area contributed by atoms with Gasteiger partial charge in [-0.15, -0.1) is 6.58 Å². The van der Waals surface area contributed by atoms with Crippen molar-refractivity contribution in [2.45, 2.75) is 11.4 Å². The molecule has 0 bridgehead atoms. The molecule has 0 aliphatic carbocycles. The molecule has 0 spiro atoms. The number of carbonyl (C=O) groups excluding carboxylic acids is 1. The zero-order chi connectivity index (χ0) is 12.2. The SMILES string of the molecule is C=CC[CH]c1ccnc(S(=O)(=O)C(N)=O)c1. The Kier molecular flexibility index (Phi) is 3.78. The maximum Gasteiger partial charge on any atom is 0.340 e. The van der Waals surface area contributed by atoms with Crippen molar-refractivity contribution >= 4 is 15.1 Å². The fraction of sp³-hybridized carbons (Fsp3) is 0.100. The van der Waals surface area contributed by atoms with Crippen LogP contribution in [-0.4, -0.2) is 18.6 Å². The molecule has 16 heavy (non-hydrogen) atoms. The highest BCUT2D eigenvalue weighted by atomic mass is 32.2. The van der Waals surface area contributed by atoms with E-state index in [1.165, 1.54) is 12.3 Å². The lowest BCUT2D eigenvalue weighted by atomic mass is 10.1. The molecule has 1 radical (unpaired) electrons. The predicted octanol–water partition coefficient (Wildman–Crippen LogP) is 1.06. The van der Waals surface area contributed by atoms with Gasteiger partial charge < -0.3 is 5.73 Å². The Bertz CT molecular complexity index is 509. The van der Waals surface area contributed by atoms with Crippen LogP contribution in [0.2, 0.25) is 0 Å². The van der Waals surface area contributed by atoms with E-state index in [1.807, 2.05) is 0 Å². The van der Waals surface area contributed by atoms with Crippen molar-refractivity contribution in [3.8, 4) is 0 Å². The van der Waals surface area contributed by atoms with E-state index in [1.54, 1.807) is 18.6 Å². The quantitative estimate of drug-likeness (QED) is 0.795. The normalized spacial score (nSPS) is 11.0. The molecule has 0 saturated carbocycles. The van der Waals surface area contributed by atoms with Crippen LogP contribution in [0, 0.1) is 6.42 Å². The van der Waals surface area contributed by atoms with E-state index >= 15 is 0 Å². The van der Waals surface area contributed by atoms with Crippen LogP contribution in [-0.2, 0) is 9.84 Å². The lowest BCUT2D eigenvalue weighted by Gasteiger charge is -2.01. The molecule has 1 aromatic rings. The minimum atomic E-state index is -4.14. The topological polar surface area (TPSA) is 90.1 Å². The monoisotopic (exact) mass is 239 g/mol. The maximum absolute atomic E-state index is 11.4. The Labute approximate surface area is 93.9 Å². The first kappa shape index (κ1) is 12.4. The molecule has 85 valence electrons. The van der Waals surface area contributed by atoms with Gasteiger partial charge in [-0.3, -0.25) is 4.79 Å². The second-order valence-corrected chi connectivity index (χ2v) is 4.81. The van der Waals surface area contributed by atoms with E-state index in [2.05, 4.69) is 11.6 Å². The number of pyridine rings is 1. The number of primary amides is 1. The van der Waals surface area contributed by atoms with E-state index in [0.29, 0.717) is 12.0 Å². The summed E-state index contributed by atoms with van der Waals surface area (Å²) in [5.41, 5.74) is 5.41. The standard InChI is InChI=1S/C10H11N2O3S/c1-2-3-4-8-5-6-12-9(7-8)16(14,15)10(11)13/h2,4-7H,1,3H2,(H2,11,13). The molecule has 6 heteroatoms. The Morgan fingerprint density at radius 2 is 2.25 bits per heavy atom. The van der Waals surface area contributed by atoms with E-state index in [4.69, 9.17) is 5.73 Å². The summed E-state index contributed by atoms with van der Waals surface area (Å²) in [6, 6.07) is 2.92. The van der Waals surface area contributed by atoms with Crippen LogP contribution in [0.15, 0.2) is 36.0 Å². The van der Waals surface area contributed by atoms with Crippen LogP contribution in [0.5, 0.6) is 0 Å². The van der Waals surface area contributed by atoms with Crippen LogP contribution in [0.3, 0.4) is 0 Å². The van der Waals surface area contributed by atoms with E-state index in [9.17, 15) is 13.2 Å². The van der Waals surface area contributed by atoms with Gasteiger partial charge in [0.1, 0.15) is 0 Å². The molecule has 5 nitrogen and oxygen atoms in total. The van der Waals surface area contributed by atoms with E-state index in [-0.39, 0.29) is 5.03 Å².